The lowest BCUT2D eigenvalue weighted by Gasteiger charge is -2.24. The second kappa shape index (κ2) is 4.66. The molecule has 0 atom stereocenters. The Morgan fingerprint density at radius 3 is 2.68 bits per heavy atom. The Kier molecular flexibility index (Phi) is 2.98. The molecular weight excluding hydrogens is 242 g/mol. The molecule has 1 aromatic heterocycles. The zero-order valence-electron chi connectivity index (χ0n) is 10.6. The fraction of sp³-hybridized carbons (Fsp3) is 0.429. The van der Waals surface area contributed by atoms with Crippen LogP contribution in [0.4, 0.5) is 5.82 Å². The summed E-state index contributed by atoms with van der Waals surface area (Å²) < 4.78 is 1.42. The summed E-state index contributed by atoms with van der Waals surface area (Å²) in [6.07, 6.45) is 2.54. The summed E-state index contributed by atoms with van der Waals surface area (Å²) in [6.45, 7) is 0. The summed E-state index contributed by atoms with van der Waals surface area (Å²) in [7, 11) is 0. The molecule has 0 unspecified atom stereocenters. The van der Waals surface area contributed by atoms with Crippen LogP contribution in [-0.4, -0.2) is 26.9 Å². The molecule has 0 spiro atoms. The van der Waals surface area contributed by atoms with Crippen molar-refractivity contribution in [3.8, 4) is 0 Å². The van der Waals surface area contributed by atoms with E-state index in [-0.39, 0.29) is 17.9 Å². The number of fused-ring (bicyclic) bond motifs is 1. The van der Waals surface area contributed by atoms with Crippen molar-refractivity contribution in [1.82, 2.24) is 9.78 Å². The van der Waals surface area contributed by atoms with Crippen LogP contribution in [0, 0.1) is 5.92 Å². The Morgan fingerprint density at radius 2 is 1.95 bits per heavy atom. The van der Waals surface area contributed by atoms with Crippen LogP contribution in [-0.2, 0) is 0 Å². The van der Waals surface area contributed by atoms with Gasteiger partial charge in [0.25, 0.3) is 5.91 Å². The number of nitrogen functional groups attached to an aromatic ring is 1. The van der Waals surface area contributed by atoms with E-state index in [1.807, 2.05) is 24.3 Å². The van der Waals surface area contributed by atoms with E-state index in [1.165, 1.54) is 4.68 Å². The number of rotatable bonds is 1. The predicted octanol–water partition coefficient (Wildman–Crippen LogP) is 1.81. The summed E-state index contributed by atoms with van der Waals surface area (Å²) in [5.74, 6) is 0.311. The standard InChI is InChI=1S/C14H17N3O2/c15-13-11-3-1-2-4-12(11)17(16-13)14(19)9-5-7-10(18)8-6-9/h1-4,9-10,18H,5-8H2,(H2,15,16). The van der Waals surface area contributed by atoms with E-state index in [2.05, 4.69) is 5.10 Å². The van der Waals surface area contributed by atoms with Crippen molar-refractivity contribution >= 4 is 22.6 Å². The first-order valence-corrected chi connectivity index (χ1v) is 6.62. The molecule has 19 heavy (non-hydrogen) atoms. The molecular formula is C14H17N3O2. The minimum absolute atomic E-state index is 0.0141. The number of carbonyl (C=O) groups excluding carboxylic acids is 1. The monoisotopic (exact) mass is 259 g/mol. The number of carbonyl (C=O) groups is 1. The highest BCUT2D eigenvalue weighted by Gasteiger charge is 2.28. The molecule has 0 aliphatic heterocycles. The maximum atomic E-state index is 12.5. The molecule has 2 aromatic rings. The molecule has 100 valence electrons. The van der Waals surface area contributed by atoms with Crippen molar-refractivity contribution in [3.63, 3.8) is 0 Å². The van der Waals surface area contributed by atoms with Crippen molar-refractivity contribution in [2.24, 2.45) is 5.92 Å². The van der Waals surface area contributed by atoms with Gasteiger partial charge in [0.1, 0.15) is 0 Å². The normalized spacial score (nSPS) is 23.6. The molecule has 5 nitrogen and oxygen atoms in total. The smallest absolute Gasteiger partial charge is 0.250 e. The van der Waals surface area contributed by atoms with Gasteiger partial charge in [-0.1, -0.05) is 12.1 Å². The number of nitrogens with two attached hydrogens (primary N) is 1. The van der Waals surface area contributed by atoms with E-state index in [1.54, 1.807) is 0 Å². The summed E-state index contributed by atoms with van der Waals surface area (Å²) in [5.41, 5.74) is 6.60. The lowest BCUT2D eigenvalue weighted by Crippen LogP contribution is -2.28. The van der Waals surface area contributed by atoms with E-state index in [0.29, 0.717) is 31.5 Å². The number of aromatic nitrogens is 2. The van der Waals surface area contributed by atoms with Gasteiger partial charge < -0.3 is 10.8 Å². The first kappa shape index (κ1) is 12.2. The molecule has 1 fully saturated rings. The van der Waals surface area contributed by atoms with Gasteiger partial charge in [0, 0.05) is 11.3 Å². The van der Waals surface area contributed by atoms with Gasteiger partial charge in [-0.3, -0.25) is 4.79 Å². The van der Waals surface area contributed by atoms with Crippen LogP contribution in [0.25, 0.3) is 10.9 Å². The molecule has 0 saturated heterocycles. The molecule has 0 bridgehead atoms. The average molecular weight is 259 g/mol. The molecule has 1 aromatic carbocycles. The Balaban J connectivity index is 1.94. The maximum Gasteiger partial charge on any atom is 0.250 e. The molecule has 5 heteroatoms. The number of hydrogen-bond acceptors (Lipinski definition) is 4. The van der Waals surface area contributed by atoms with Crippen LogP contribution in [0.2, 0.25) is 0 Å². The van der Waals surface area contributed by atoms with E-state index in [0.717, 1.165) is 10.9 Å². The van der Waals surface area contributed by atoms with Crippen LogP contribution in [0.3, 0.4) is 0 Å². The SMILES string of the molecule is Nc1nn(C(=O)C2CCC(O)CC2)c2ccccc12. The predicted molar refractivity (Wildman–Crippen MR) is 72.7 cm³/mol. The average Bonchev–Trinajstić information content (AvgIpc) is 2.77. The maximum absolute atomic E-state index is 12.5. The number of hydrogen-bond donors (Lipinski definition) is 2. The molecule has 0 radical (unpaired) electrons. The third kappa shape index (κ3) is 2.10. The van der Waals surface area contributed by atoms with Gasteiger partial charge in [0.05, 0.1) is 11.6 Å². The van der Waals surface area contributed by atoms with Crippen LogP contribution in [0.5, 0.6) is 0 Å². The summed E-state index contributed by atoms with van der Waals surface area (Å²) in [4.78, 5) is 12.5. The van der Waals surface area contributed by atoms with Crippen LogP contribution in [0.15, 0.2) is 24.3 Å². The van der Waals surface area contributed by atoms with Crippen molar-refractivity contribution in [3.05, 3.63) is 24.3 Å². The second-order valence-corrected chi connectivity index (χ2v) is 5.16. The topological polar surface area (TPSA) is 81.1 Å². The zero-order chi connectivity index (χ0) is 13.4. The lowest BCUT2D eigenvalue weighted by atomic mass is 9.87. The first-order chi connectivity index (χ1) is 9.16. The highest BCUT2D eigenvalue weighted by Crippen LogP contribution is 2.28. The largest absolute Gasteiger partial charge is 0.393 e. The lowest BCUT2D eigenvalue weighted by molar-refractivity contribution is 0.0678. The van der Waals surface area contributed by atoms with Gasteiger partial charge in [-0.25, -0.2) is 0 Å². The molecule has 0 amide bonds. The van der Waals surface area contributed by atoms with Crippen molar-refractivity contribution in [1.29, 1.82) is 0 Å². The Hall–Kier alpha value is -1.88. The van der Waals surface area contributed by atoms with E-state index < -0.39 is 0 Å². The highest BCUT2D eigenvalue weighted by molar-refractivity contribution is 5.97. The minimum atomic E-state index is -0.261. The summed E-state index contributed by atoms with van der Waals surface area (Å²) in [5, 5.41) is 14.5. The molecule has 1 heterocycles. The van der Waals surface area contributed by atoms with Gasteiger partial charge >= 0.3 is 0 Å². The molecule has 3 rings (SSSR count). The summed E-state index contributed by atoms with van der Waals surface area (Å²) in [6, 6.07) is 7.48. The number of aliphatic hydroxyl groups is 1. The quantitative estimate of drug-likeness (QED) is 0.818. The number of aliphatic hydroxyl groups excluding tert-OH is 1. The van der Waals surface area contributed by atoms with Crippen molar-refractivity contribution in [2.45, 2.75) is 31.8 Å². The Morgan fingerprint density at radius 1 is 1.26 bits per heavy atom. The minimum Gasteiger partial charge on any atom is -0.393 e. The fourth-order valence-corrected chi connectivity index (χ4v) is 2.75. The number of benzene rings is 1. The van der Waals surface area contributed by atoms with E-state index in [9.17, 15) is 9.90 Å². The van der Waals surface area contributed by atoms with Gasteiger partial charge in [-0.15, -0.1) is 5.10 Å². The van der Waals surface area contributed by atoms with Gasteiger partial charge in [0.15, 0.2) is 5.82 Å². The van der Waals surface area contributed by atoms with E-state index in [4.69, 9.17) is 5.73 Å². The molecule has 3 N–H and O–H groups in total. The number of anilines is 1. The van der Waals surface area contributed by atoms with E-state index >= 15 is 0 Å². The van der Waals surface area contributed by atoms with Gasteiger partial charge in [0.2, 0.25) is 0 Å². The van der Waals surface area contributed by atoms with Crippen LogP contribution >= 0.6 is 0 Å². The number of nitrogens with zero attached hydrogens (tertiary/aromatic N) is 2. The first-order valence-electron chi connectivity index (χ1n) is 6.62. The summed E-state index contributed by atoms with van der Waals surface area (Å²) >= 11 is 0. The highest BCUT2D eigenvalue weighted by atomic mass is 16.3. The van der Waals surface area contributed by atoms with Crippen molar-refractivity contribution in [2.75, 3.05) is 5.73 Å². The van der Waals surface area contributed by atoms with Crippen LogP contribution < -0.4 is 5.73 Å². The molecule has 1 aliphatic carbocycles. The van der Waals surface area contributed by atoms with Gasteiger partial charge in [-0.05, 0) is 37.8 Å². The second-order valence-electron chi connectivity index (χ2n) is 5.16. The zero-order valence-corrected chi connectivity index (χ0v) is 10.6. The third-order valence-corrected chi connectivity index (χ3v) is 3.87. The molecule has 1 saturated carbocycles. The Bertz CT molecular complexity index is 612. The van der Waals surface area contributed by atoms with Crippen LogP contribution in [0.1, 0.15) is 30.5 Å². The number of para-hydroxylation sites is 1. The molecule has 1 aliphatic rings. The third-order valence-electron chi connectivity index (χ3n) is 3.87. The van der Waals surface area contributed by atoms with Crippen molar-refractivity contribution < 1.29 is 9.90 Å². The fourth-order valence-electron chi connectivity index (χ4n) is 2.75. The Labute approximate surface area is 111 Å². The van der Waals surface area contributed by atoms with Gasteiger partial charge in [-0.2, -0.15) is 4.68 Å².